The Bertz CT molecular complexity index is 254. The molecule has 0 fully saturated rings. The van der Waals surface area contributed by atoms with E-state index in [0.717, 1.165) is 0 Å². The maximum atomic E-state index is 10.8. The van der Waals surface area contributed by atoms with E-state index < -0.39 is 24.3 Å². The Hall–Kier alpha value is -0.630. The maximum absolute atomic E-state index is 10.8. The molecule has 92 valence electrons. The van der Waals surface area contributed by atoms with Gasteiger partial charge in [0.2, 0.25) is 0 Å². The molecule has 17 heavy (non-hydrogen) atoms. The van der Waals surface area contributed by atoms with Crippen LogP contribution in [0.3, 0.4) is 0 Å². The molecule has 0 atom stereocenters. The van der Waals surface area contributed by atoms with E-state index in [-0.39, 0.29) is 49.0 Å². The van der Waals surface area contributed by atoms with Gasteiger partial charge >= 0.3 is 41.5 Å². The number of carbonyl (C=O) groups excluding carboxylic acids is 2. The molecule has 0 spiro atoms. The van der Waals surface area contributed by atoms with Crippen molar-refractivity contribution in [1.29, 1.82) is 0 Å². The Morgan fingerprint density at radius 2 is 1.71 bits per heavy atom. The van der Waals surface area contributed by atoms with Crippen LogP contribution in [0.15, 0.2) is 0 Å². The molecule has 0 aliphatic heterocycles. The van der Waals surface area contributed by atoms with Gasteiger partial charge in [0.1, 0.15) is 0 Å². The Morgan fingerprint density at radius 1 is 1.06 bits per heavy atom. The van der Waals surface area contributed by atoms with Crippen LogP contribution < -0.4 is 34.7 Å². The molecule has 0 aromatic heterocycles. The van der Waals surface area contributed by atoms with Crippen LogP contribution >= 0.6 is 0 Å². The van der Waals surface area contributed by atoms with Gasteiger partial charge in [-0.05, 0) is 19.3 Å². The van der Waals surface area contributed by atoms with E-state index in [1.807, 2.05) is 0 Å². The van der Waals surface area contributed by atoms with Crippen molar-refractivity contribution in [3.05, 3.63) is 0 Å². The van der Waals surface area contributed by atoms with Crippen LogP contribution in [-0.4, -0.2) is 29.6 Å². The molecule has 0 bridgehead atoms. The second-order valence-electron chi connectivity index (χ2n) is 3.00. The van der Waals surface area contributed by atoms with Crippen LogP contribution in [0.4, 0.5) is 0 Å². The average Bonchev–Trinajstić information content (AvgIpc) is 2.19. The second-order valence-corrected chi connectivity index (χ2v) is 3.00. The summed E-state index contributed by atoms with van der Waals surface area (Å²) in [6, 6.07) is 0. The fraction of sp³-hybridized carbons (Fsp3) is 0.667. The number of carboxylic acid groups (broad SMARTS) is 2. The van der Waals surface area contributed by atoms with Crippen LogP contribution in [0.2, 0.25) is 0 Å². The molecule has 1 N–H and O–H groups in total. The van der Waals surface area contributed by atoms with Gasteiger partial charge in [-0.3, -0.25) is 9.68 Å². The number of hydrogen-bond acceptors (Lipinski definition) is 6. The average molecular weight is 256 g/mol. The number of aliphatic carboxylic acids is 2. The number of carboxylic acids is 2. The van der Waals surface area contributed by atoms with Crippen LogP contribution in [0.5, 0.6) is 0 Å². The predicted octanol–water partition coefficient (Wildman–Crippen LogP) is -3.75. The van der Waals surface area contributed by atoms with Gasteiger partial charge in [-0.15, -0.1) is 0 Å². The third kappa shape index (κ3) is 15.4. The van der Waals surface area contributed by atoms with Crippen molar-refractivity contribution < 1.29 is 63.9 Å². The summed E-state index contributed by atoms with van der Waals surface area (Å²) in [7, 11) is 0. The molecule has 7 nitrogen and oxygen atoms in total. The first-order valence-electron chi connectivity index (χ1n) is 4.76. The molecule has 0 rings (SSSR count). The molecular formula is C9H13NaO7. The van der Waals surface area contributed by atoms with Crippen LogP contribution in [0, 0.1) is 0 Å². The molecule has 0 aromatic rings. The number of unbranched alkanes of at least 4 members (excludes halogenated alkanes) is 1. The summed E-state index contributed by atoms with van der Waals surface area (Å²) >= 11 is 0. The summed E-state index contributed by atoms with van der Waals surface area (Å²) in [6.07, 6.45) is 0.173. The van der Waals surface area contributed by atoms with E-state index in [0.29, 0.717) is 12.8 Å². The fourth-order valence-electron chi connectivity index (χ4n) is 0.790. The standard InChI is InChI=1S/C9H14O7.Na/c10-7(11)3-1-2-6-15-16-9(14)5-4-8(12)13;/h1-6H2,(H,10,11)(H,12,13);/q;+1/p-1. The Balaban J connectivity index is 0. The molecule has 0 aromatic carbocycles. The molecule has 0 radical (unpaired) electrons. The fourth-order valence-corrected chi connectivity index (χ4v) is 0.790. The molecule has 0 saturated carbocycles. The van der Waals surface area contributed by atoms with Crippen molar-refractivity contribution >= 4 is 17.9 Å². The van der Waals surface area contributed by atoms with Gasteiger partial charge in [-0.2, -0.15) is 4.89 Å². The SMILES string of the molecule is O=C([O-])CCC(=O)OOCCCCC(=O)O.[Na+]. The van der Waals surface area contributed by atoms with E-state index in [1.54, 1.807) is 0 Å². The summed E-state index contributed by atoms with van der Waals surface area (Å²) in [5, 5.41) is 18.3. The van der Waals surface area contributed by atoms with Gasteiger partial charge in [0, 0.05) is 12.4 Å². The normalized spacial score (nSPS) is 9.18. The largest absolute Gasteiger partial charge is 1.00 e. The summed E-state index contributed by atoms with van der Waals surface area (Å²) in [4.78, 5) is 39.5. The van der Waals surface area contributed by atoms with Crippen molar-refractivity contribution in [2.24, 2.45) is 0 Å². The molecule has 8 heteroatoms. The number of carbonyl (C=O) groups is 3. The second kappa shape index (κ2) is 11.8. The van der Waals surface area contributed by atoms with E-state index in [9.17, 15) is 19.5 Å². The molecular weight excluding hydrogens is 243 g/mol. The van der Waals surface area contributed by atoms with Gasteiger partial charge in [-0.1, -0.05) is 0 Å². The smallest absolute Gasteiger partial charge is 0.550 e. The number of hydrogen-bond donors (Lipinski definition) is 1. The van der Waals surface area contributed by atoms with Crippen LogP contribution in [0.1, 0.15) is 32.1 Å². The first-order chi connectivity index (χ1) is 7.52. The molecule has 0 aliphatic rings. The van der Waals surface area contributed by atoms with Crippen molar-refractivity contribution in [1.82, 2.24) is 0 Å². The minimum absolute atomic E-state index is 0. The minimum atomic E-state index is -1.33. The molecule has 0 heterocycles. The molecule has 0 amide bonds. The van der Waals surface area contributed by atoms with Gasteiger partial charge in [-0.25, -0.2) is 4.79 Å². The molecule has 0 unspecified atom stereocenters. The van der Waals surface area contributed by atoms with Crippen molar-refractivity contribution in [3.63, 3.8) is 0 Å². The molecule has 0 saturated heterocycles. The number of rotatable bonds is 9. The summed E-state index contributed by atoms with van der Waals surface area (Å²) in [6.45, 7) is 0.0876. The quantitative estimate of drug-likeness (QED) is 0.195. The summed E-state index contributed by atoms with van der Waals surface area (Å²) in [5.41, 5.74) is 0. The van der Waals surface area contributed by atoms with Gasteiger partial charge in [0.25, 0.3) is 0 Å². The summed E-state index contributed by atoms with van der Waals surface area (Å²) < 4.78 is 0. The van der Waals surface area contributed by atoms with Gasteiger partial charge < -0.3 is 15.0 Å². The monoisotopic (exact) mass is 256 g/mol. The van der Waals surface area contributed by atoms with Gasteiger partial charge in [0.15, 0.2) is 0 Å². The van der Waals surface area contributed by atoms with Gasteiger partial charge in [0.05, 0.1) is 13.0 Å². The third-order valence-corrected chi connectivity index (χ3v) is 1.55. The van der Waals surface area contributed by atoms with E-state index in [4.69, 9.17) is 5.11 Å². The third-order valence-electron chi connectivity index (χ3n) is 1.55. The van der Waals surface area contributed by atoms with E-state index >= 15 is 0 Å². The first kappa shape index (κ1) is 18.7. The van der Waals surface area contributed by atoms with E-state index in [2.05, 4.69) is 9.78 Å². The maximum Gasteiger partial charge on any atom is 1.00 e. The Kier molecular flexibility index (Phi) is 13.0. The van der Waals surface area contributed by atoms with Crippen molar-refractivity contribution in [2.45, 2.75) is 32.1 Å². The molecule has 0 aliphatic carbocycles. The Labute approximate surface area is 120 Å². The predicted molar refractivity (Wildman–Crippen MR) is 47.8 cm³/mol. The zero-order valence-electron chi connectivity index (χ0n) is 9.64. The first-order valence-corrected chi connectivity index (χ1v) is 4.76. The van der Waals surface area contributed by atoms with Crippen LogP contribution in [-0.2, 0) is 24.2 Å². The summed E-state index contributed by atoms with van der Waals surface area (Å²) in [5.74, 6) is -3.02. The van der Waals surface area contributed by atoms with Crippen molar-refractivity contribution in [3.8, 4) is 0 Å². The topological polar surface area (TPSA) is 113 Å². The minimum Gasteiger partial charge on any atom is -0.550 e. The van der Waals surface area contributed by atoms with E-state index in [1.165, 1.54) is 0 Å². The zero-order valence-corrected chi connectivity index (χ0v) is 11.6. The zero-order chi connectivity index (χ0) is 12.4. The van der Waals surface area contributed by atoms with Crippen LogP contribution in [0.25, 0.3) is 0 Å². The Morgan fingerprint density at radius 3 is 2.24 bits per heavy atom. The van der Waals surface area contributed by atoms with Crippen molar-refractivity contribution in [2.75, 3.05) is 6.61 Å².